The zero-order chi connectivity index (χ0) is 23.8. The minimum Gasteiger partial charge on any atom is -0.438 e. The van der Waals surface area contributed by atoms with E-state index in [0.29, 0.717) is 33.8 Å². The number of ether oxygens (including phenoxy) is 2. The molecule has 2 aliphatic heterocycles. The van der Waals surface area contributed by atoms with Gasteiger partial charge >= 0.3 is 0 Å². The number of halogens is 1. The Bertz CT molecular complexity index is 1380. The smallest absolute Gasteiger partial charge is 0.269 e. The highest BCUT2D eigenvalue weighted by atomic mass is 32.2. The summed E-state index contributed by atoms with van der Waals surface area (Å²) < 4.78 is 26.7. The summed E-state index contributed by atoms with van der Waals surface area (Å²) in [5.74, 6) is -0.362. The Hall–Kier alpha value is -3.08. The molecule has 0 radical (unpaired) electrons. The van der Waals surface area contributed by atoms with Crippen molar-refractivity contribution in [2.24, 2.45) is 0 Å². The van der Waals surface area contributed by atoms with Crippen LogP contribution in [0.5, 0.6) is 11.6 Å². The molecule has 4 heterocycles. The number of carbonyl (C=O) groups is 1. The fourth-order valence-corrected chi connectivity index (χ4v) is 5.14. The van der Waals surface area contributed by atoms with Gasteiger partial charge in [-0.05, 0) is 61.7 Å². The molecule has 0 N–H and O–H groups in total. The first-order valence-electron chi connectivity index (χ1n) is 10.7. The summed E-state index contributed by atoms with van der Waals surface area (Å²) in [4.78, 5) is 32.9. The van der Waals surface area contributed by atoms with Crippen molar-refractivity contribution in [3.8, 4) is 11.6 Å². The van der Waals surface area contributed by atoms with Crippen LogP contribution in [0.2, 0.25) is 0 Å². The Labute approximate surface area is 204 Å². The summed E-state index contributed by atoms with van der Waals surface area (Å²) in [7, 11) is 0. The van der Waals surface area contributed by atoms with Gasteiger partial charge < -0.3 is 9.47 Å². The number of pyridine rings is 1. The summed E-state index contributed by atoms with van der Waals surface area (Å²) in [6.45, 7) is 2.90. The lowest BCUT2D eigenvalue weighted by Crippen LogP contribution is -2.35. The summed E-state index contributed by atoms with van der Waals surface area (Å²) >= 11 is 6.55. The van der Waals surface area contributed by atoms with Crippen molar-refractivity contribution in [3.63, 3.8) is 0 Å². The van der Waals surface area contributed by atoms with Crippen molar-refractivity contribution in [2.45, 2.75) is 25.9 Å². The Balaban J connectivity index is 1.57. The van der Waals surface area contributed by atoms with Crippen LogP contribution < -0.4 is 10.3 Å². The van der Waals surface area contributed by atoms with Crippen molar-refractivity contribution in [3.05, 3.63) is 74.8 Å². The molecule has 1 unspecified atom stereocenters. The molecule has 2 fully saturated rings. The van der Waals surface area contributed by atoms with Crippen molar-refractivity contribution in [1.29, 1.82) is 0 Å². The molecule has 2 aromatic heterocycles. The molecule has 2 saturated heterocycles. The van der Waals surface area contributed by atoms with Crippen molar-refractivity contribution < 1.29 is 18.7 Å². The molecule has 1 atom stereocenters. The predicted molar refractivity (Wildman–Crippen MR) is 132 cm³/mol. The van der Waals surface area contributed by atoms with E-state index >= 15 is 0 Å². The summed E-state index contributed by atoms with van der Waals surface area (Å²) in [5, 5.41) is 0. The van der Waals surface area contributed by atoms with Gasteiger partial charge in [-0.1, -0.05) is 30.0 Å². The van der Waals surface area contributed by atoms with Gasteiger partial charge in [-0.2, -0.15) is 4.98 Å². The molecule has 1 amide bonds. The van der Waals surface area contributed by atoms with Crippen LogP contribution >= 0.6 is 24.0 Å². The van der Waals surface area contributed by atoms with E-state index in [1.165, 1.54) is 39.6 Å². The molecule has 1 aromatic carbocycles. The molecule has 2 aliphatic rings. The quantitative estimate of drug-likeness (QED) is 0.384. The van der Waals surface area contributed by atoms with Crippen LogP contribution in [0.25, 0.3) is 11.7 Å². The van der Waals surface area contributed by atoms with Gasteiger partial charge in [-0.25, -0.2) is 4.39 Å². The maximum Gasteiger partial charge on any atom is 0.269 e. The summed E-state index contributed by atoms with van der Waals surface area (Å²) in [6, 6.07) is 8.98. The second kappa shape index (κ2) is 9.28. The van der Waals surface area contributed by atoms with Gasteiger partial charge in [-0.15, -0.1) is 0 Å². The normalized spacial score (nSPS) is 19.5. The van der Waals surface area contributed by atoms with Crippen LogP contribution in [-0.2, 0) is 9.53 Å². The standard InChI is InChI=1S/C24H20FN3O4S2/c1-14-4-2-10-27-20(14)26-21(32-16-8-6-15(25)7-9-16)18(22(27)29)12-19-23(30)28(24(33)34-19)13-17-5-3-11-31-17/h2,4,6-10,12,17H,3,5,11,13H2,1H3/b19-12+. The van der Waals surface area contributed by atoms with E-state index in [2.05, 4.69) is 4.98 Å². The number of hydrogen-bond acceptors (Lipinski definition) is 7. The first-order chi connectivity index (χ1) is 16.4. The fourth-order valence-electron chi connectivity index (χ4n) is 3.89. The SMILES string of the molecule is Cc1cccn2c(=O)c(/C=C3/SC(=S)N(CC4CCCO4)C3=O)c(Oc3ccc(F)cc3)nc12. The Kier molecular flexibility index (Phi) is 6.20. The molecular weight excluding hydrogens is 477 g/mol. The number of aromatic nitrogens is 2. The number of rotatable bonds is 5. The molecule has 3 aromatic rings. The topological polar surface area (TPSA) is 73.1 Å². The number of nitrogens with zero attached hydrogens (tertiary/aromatic N) is 3. The van der Waals surface area contributed by atoms with Crippen LogP contribution in [0.1, 0.15) is 24.0 Å². The number of fused-ring (bicyclic) bond motifs is 1. The van der Waals surface area contributed by atoms with E-state index in [-0.39, 0.29) is 23.5 Å². The lowest BCUT2D eigenvalue weighted by atomic mass is 10.2. The van der Waals surface area contributed by atoms with E-state index in [4.69, 9.17) is 21.7 Å². The fraction of sp³-hybridized carbons (Fsp3) is 0.250. The third kappa shape index (κ3) is 4.36. The number of aryl methyl sites for hydroxylation is 1. The maximum absolute atomic E-state index is 13.4. The summed E-state index contributed by atoms with van der Waals surface area (Å²) in [6.07, 6.45) is 4.87. The Morgan fingerprint density at radius 2 is 2.09 bits per heavy atom. The molecule has 0 bridgehead atoms. The van der Waals surface area contributed by atoms with E-state index < -0.39 is 11.4 Å². The number of carbonyl (C=O) groups excluding carboxylic acids is 1. The summed E-state index contributed by atoms with van der Waals surface area (Å²) in [5.41, 5.74) is 0.908. The van der Waals surface area contributed by atoms with Gasteiger partial charge in [0.05, 0.1) is 17.6 Å². The molecule has 7 nitrogen and oxygen atoms in total. The average Bonchev–Trinajstić information content (AvgIpc) is 3.42. The van der Waals surface area contributed by atoms with E-state index in [1.54, 1.807) is 12.3 Å². The highest BCUT2D eigenvalue weighted by molar-refractivity contribution is 8.26. The van der Waals surface area contributed by atoms with Crippen LogP contribution in [0.3, 0.4) is 0 Å². The third-order valence-corrected chi connectivity index (χ3v) is 7.01. The number of thioether (sulfide) groups is 1. The largest absolute Gasteiger partial charge is 0.438 e. The van der Waals surface area contributed by atoms with Gasteiger partial charge in [0.15, 0.2) is 0 Å². The van der Waals surface area contributed by atoms with Gasteiger partial charge in [0.2, 0.25) is 5.88 Å². The van der Waals surface area contributed by atoms with Crippen molar-refractivity contribution in [2.75, 3.05) is 13.2 Å². The minimum atomic E-state index is -0.412. The molecule has 0 saturated carbocycles. The third-order valence-electron chi connectivity index (χ3n) is 5.64. The molecular formula is C24H20FN3O4S2. The second-order valence-electron chi connectivity index (χ2n) is 8.00. The molecule has 0 aliphatic carbocycles. The molecule has 0 spiro atoms. The molecule has 174 valence electrons. The second-order valence-corrected chi connectivity index (χ2v) is 9.68. The van der Waals surface area contributed by atoms with Crippen LogP contribution in [0.4, 0.5) is 4.39 Å². The molecule has 5 rings (SSSR count). The first-order valence-corrected chi connectivity index (χ1v) is 12.0. The zero-order valence-corrected chi connectivity index (χ0v) is 19.8. The minimum absolute atomic E-state index is 0.0234. The number of benzene rings is 1. The highest BCUT2D eigenvalue weighted by Gasteiger charge is 2.35. The van der Waals surface area contributed by atoms with E-state index in [0.717, 1.165) is 30.2 Å². The number of amides is 1. The van der Waals surface area contributed by atoms with E-state index in [9.17, 15) is 14.0 Å². The van der Waals surface area contributed by atoms with Gasteiger partial charge in [0.1, 0.15) is 27.1 Å². The van der Waals surface area contributed by atoms with E-state index in [1.807, 2.05) is 13.0 Å². The Morgan fingerprint density at radius 3 is 2.82 bits per heavy atom. The highest BCUT2D eigenvalue weighted by Crippen LogP contribution is 2.35. The van der Waals surface area contributed by atoms with Crippen molar-refractivity contribution in [1.82, 2.24) is 14.3 Å². The number of thiocarbonyl (C=S) groups is 1. The molecule has 10 heteroatoms. The number of hydrogen-bond donors (Lipinski definition) is 0. The maximum atomic E-state index is 13.4. The van der Waals surface area contributed by atoms with Gasteiger partial charge in [0.25, 0.3) is 11.5 Å². The van der Waals surface area contributed by atoms with Crippen LogP contribution in [-0.4, -0.2) is 43.8 Å². The molecule has 34 heavy (non-hydrogen) atoms. The van der Waals surface area contributed by atoms with Crippen LogP contribution in [0, 0.1) is 12.7 Å². The monoisotopic (exact) mass is 497 g/mol. The predicted octanol–water partition coefficient (Wildman–Crippen LogP) is 4.31. The first kappa shape index (κ1) is 22.7. The lowest BCUT2D eigenvalue weighted by molar-refractivity contribution is -0.123. The van der Waals surface area contributed by atoms with Gasteiger partial charge in [-0.3, -0.25) is 18.9 Å². The zero-order valence-electron chi connectivity index (χ0n) is 18.2. The average molecular weight is 498 g/mol. The van der Waals surface area contributed by atoms with Gasteiger partial charge in [0, 0.05) is 12.8 Å². The lowest BCUT2D eigenvalue weighted by Gasteiger charge is -2.18. The van der Waals surface area contributed by atoms with Crippen LogP contribution in [0.15, 0.2) is 52.3 Å². The van der Waals surface area contributed by atoms with Crippen molar-refractivity contribution >= 4 is 45.9 Å². The Morgan fingerprint density at radius 1 is 1.29 bits per heavy atom.